The minimum atomic E-state index is 0.612. The molecular formula is C18H23NS. The van der Waals surface area contributed by atoms with Crippen LogP contribution in [-0.2, 0) is 19.3 Å². The largest absolute Gasteiger partial charge is 0.313 e. The molecule has 1 aromatic carbocycles. The van der Waals surface area contributed by atoms with Gasteiger partial charge in [0.25, 0.3) is 0 Å². The van der Waals surface area contributed by atoms with E-state index in [0.29, 0.717) is 6.04 Å². The fraction of sp³-hybridized carbons (Fsp3) is 0.444. The summed E-state index contributed by atoms with van der Waals surface area (Å²) in [5, 5.41) is 5.98. The molecule has 0 saturated carbocycles. The zero-order valence-electron chi connectivity index (χ0n) is 12.1. The summed E-state index contributed by atoms with van der Waals surface area (Å²) in [5.74, 6) is 0.751. The fourth-order valence-electron chi connectivity index (χ4n) is 3.26. The molecule has 1 N–H and O–H groups in total. The van der Waals surface area contributed by atoms with Gasteiger partial charge in [0.2, 0.25) is 0 Å². The summed E-state index contributed by atoms with van der Waals surface area (Å²) in [4.78, 5) is 1.51. The van der Waals surface area contributed by atoms with E-state index in [2.05, 4.69) is 54.0 Å². The fourth-order valence-corrected chi connectivity index (χ4v) is 4.02. The molecule has 0 aliphatic heterocycles. The minimum Gasteiger partial charge on any atom is -0.313 e. The second kappa shape index (κ2) is 6.55. The third-order valence-corrected chi connectivity index (χ3v) is 5.21. The van der Waals surface area contributed by atoms with Crippen LogP contribution in [0, 0.1) is 5.92 Å². The number of rotatable bonds is 6. The van der Waals surface area contributed by atoms with E-state index in [1.54, 1.807) is 11.1 Å². The second-order valence-electron chi connectivity index (χ2n) is 5.78. The molecule has 1 unspecified atom stereocenters. The predicted molar refractivity (Wildman–Crippen MR) is 87.4 cm³/mol. The first-order valence-electron chi connectivity index (χ1n) is 7.69. The zero-order chi connectivity index (χ0) is 13.8. The summed E-state index contributed by atoms with van der Waals surface area (Å²) < 4.78 is 0. The number of nitrogens with one attached hydrogen (secondary N) is 1. The van der Waals surface area contributed by atoms with E-state index in [1.165, 1.54) is 30.6 Å². The van der Waals surface area contributed by atoms with Crippen molar-refractivity contribution in [3.63, 3.8) is 0 Å². The molecule has 2 heteroatoms. The van der Waals surface area contributed by atoms with E-state index in [-0.39, 0.29) is 0 Å². The van der Waals surface area contributed by atoms with Crippen LogP contribution in [0.5, 0.6) is 0 Å². The van der Waals surface area contributed by atoms with Crippen molar-refractivity contribution in [2.45, 2.75) is 38.6 Å². The van der Waals surface area contributed by atoms with Crippen LogP contribution >= 0.6 is 11.3 Å². The van der Waals surface area contributed by atoms with Crippen LogP contribution < -0.4 is 5.32 Å². The Kier molecular flexibility index (Phi) is 4.54. The van der Waals surface area contributed by atoms with E-state index in [1.807, 2.05) is 11.3 Å². The first-order valence-corrected chi connectivity index (χ1v) is 8.57. The number of thiophene rings is 1. The molecule has 3 rings (SSSR count). The molecule has 0 saturated heterocycles. The lowest BCUT2D eigenvalue weighted by atomic mass is 9.93. The molecule has 0 radical (unpaired) electrons. The molecule has 1 aliphatic carbocycles. The molecule has 1 atom stereocenters. The van der Waals surface area contributed by atoms with Gasteiger partial charge in [0.15, 0.2) is 0 Å². The third-order valence-electron chi connectivity index (χ3n) is 4.31. The number of hydrogen-bond donors (Lipinski definition) is 1. The van der Waals surface area contributed by atoms with Crippen molar-refractivity contribution in [2.75, 3.05) is 6.54 Å². The maximum Gasteiger partial charge on any atom is 0.0150 e. The van der Waals surface area contributed by atoms with Crippen molar-refractivity contribution >= 4 is 11.3 Å². The Hall–Kier alpha value is -1.12. The van der Waals surface area contributed by atoms with Crippen LogP contribution in [0.2, 0.25) is 0 Å². The molecule has 0 bridgehead atoms. The molecule has 1 aliphatic rings. The molecule has 2 aromatic rings. The van der Waals surface area contributed by atoms with E-state index < -0.39 is 0 Å². The van der Waals surface area contributed by atoms with Crippen LogP contribution in [-0.4, -0.2) is 12.6 Å². The van der Waals surface area contributed by atoms with E-state index >= 15 is 0 Å². The smallest absolute Gasteiger partial charge is 0.0150 e. The van der Waals surface area contributed by atoms with E-state index in [9.17, 15) is 0 Å². The lowest BCUT2D eigenvalue weighted by molar-refractivity contribution is 0.363. The van der Waals surface area contributed by atoms with Gasteiger partial charge in [-0.15, -0.1) is 11.3 Å². The van der Waals surface area contributed by atoms with Crippen molar-refractivity contribution in [1.29, 1.82) is 0 Å². The van der Waals surface area contributed by atoms with Crippen molar-refractivity contribution in [3.05, 3.63) is 57.8 Å². The Labute approximate surface area is 126 Å². The number of hydrogen-bond acceptors (Lipinski definition) is 2. The van der Waals surface area contributed by atoms with Gasteiger partial charge in [-0.1, -0.05) is 37.3 Å². The standard InChI is InChI=1S/C18H23NS/c1-2-9-19-18(13-17-8-5-10-20-17)16-11-14-6-3-4-7-15(14)12-16/h3-8,10,16,18-19H,2,9,11-13H2,1H3. The normalized spacial score (nSPS) is 16.2. The highest BCUT2D eigenvalue weighted by Gasteiger charge is 2.28. The molecule has 106 valence electrons. The quantitative estimate of drug-likeness (QED) is 0.843. The van der Waals surface area contributed by atoms with Gasteiger partial charge in [0.05, 0.1) is 0 Å². The van der Waals surface area contributed by atoms with Crippen molar-refractivity contribution < 1.29 is 0 Å². The third kappa shape index (κ3) is 3.13. The van der Waals surface area contributed by atoms with Crippen LogP contribution in [0.1, 0.15) is 29.3 Å². The van der Waals surface area contributed by atoms with Crippen LogP contribution in [0.15, 0.2) is 41.8 Å². The lowest BCUT2D eigenvalue weighted by Gasteiger charge is -2.24. The topological polar surface area (TPSA) is 12.0 Å². The molecule has 1 aromatic heterocycles. The lowest BCUT2D eigenvalue weighted by Crippen LogP contribution is -2.38. The van der Waals surface area contributed by atoms with Gasteiger partial charge in [0.1, 0.15) is 0 Å². The molecule has 1 nitrogen and oxygen atoms in total. The van der Waals surface area contributed by atoms with Crippen molar-refractivity contribution in [1.82, 2.24) is 5.32 Å². The first-order chi connectivity index (χ1) is 9.86. The van der Waals surface area contributed by atoms with Crippen LogP contribution in [0.4, 0.5) is 0 Å². The Morgan fingerprint density at radius 1 is 1.15 bits per heavy atom. The van der Waals surface area contributed by atoms with Gasteiger partial charge in [-0.3, -0.25) is 0 Å². The molecule has 0 amide bonds. The molecule has 1 heterocycles. The van der Waals surface area contributed by atoms with Crippen LogP contribution in [0.25, 0.3) is 0 Å². The zero-order valence-corrected chi connectivity index (χ0v) is 13.0. The summed E-state index contributed by atoms with van der Waals surface area (Å²) >= 11 is 1.89. The first kappa shape index (κ1) is 13.8. The van der Waals surface area contributed by atoms with Gasteiger partial charge in [0, 0.05) is 10.9 Å². The van der Waals surface area contributed by atoms with Crippen molar-refractivity contribution in [2.24, 2.45) is 5.92 Å². The highest BCUT2D eigenvalue weighted by atomic mass is 32.1. The average Bonchev–Trinajstić information content (AvgIpc) is 3.12. The maximum absolute atomic E-state index is 3.79. The van der Waals surface area contributed by atoms with Crippen molar-refractivity contribution in [3.8, 4) is 0 Å². The molecule has 0 fully saturated rings. The SMILES string of the molecule is CCCNC(Cc1cccs1)C1Cc2ccccc2C1. The highest BCUT2D eigenvalue weighted by molar-refractivity contribution is 7.09. The Balaban J connectivity index is 1.70. The molecule has 0 spiro atoms. The van der Waals surface area contributed by atoms with Crippen LogP contribution in [0.3, 0.4) is 0 Å². The number of benzene rings is 1. The summed E-state index contributed by atoms with van der Waals surface area (Å²) in [6.45, 7) is 3.38. The Bertz CT molecular complexity index is 507. The molecular weight excluding hydrogens is 262 g/mol. The van der Waals surface area contributed by atoms with Gasteiger partial charge in [-0.05, 0) is 60.7 Å². The van der Waals surface area contributed by atoms with Gasteiger partial charge in [-0.25, -0.2) is 0 Å². The second-order valence-corrected chi connectivity index (χ2v) is 6.81. The summed E-state index contributed by atoms with van der Waals surface area (Å²) in [6, 6.07) is 14.0. The van der Waals surface area contributed by atoms with E-state index in [0.717, 1.165) is 12.5 Å². The van der Waals surface area contributed by atoms with Gasteiger partial charge >= 0.3 is 0 Å². The monoisotopic (exact) mass is 285 g/mol. The highest BCUT2D eigenvalue weighted by Crippen LogP contribution is 2.30. The predicted octanol–water partition coefficient (Wildman–Crippen LogP) is 4.07. The summed E-state index contributed by atoms with van der Waals surface area (Å²) in [6.07, 6.45) is 4.86. The Morgan fingerprint density at radius 3 is 2.50 bits per heavy atom. The Morgan fingerprint density at radius 2 is 1.90 bits per heavy atom. The van der Waals surface area contributed by atoms with E-state index in [4.69, 9.17) is 0 Å². The summed E-state index contributed by atoms with van der Waals surface area (Å²) in [7, 11) is 0. The average molecular weight is 285 g/mol. The summed E-state index contributed by atoms with van der Waals surface area (Å²) in [5.41, 5.74) is 3.12. The van der Waals surface area contributed by atoms with Gasteiger partial charge in [-0.2, -0.15) is 0 Å². The maximum atomic E-state index is 3.79. The molecule has 20 heavy (non-hydrogen) atoms. The minimum absolute atomic E-state index is 0.612. The number of fused-ring (bicyclic) bond motifs is 1. The van der Waals surface area contributed by atoms with Gasteiger partial charge < -0.3 is 5.32 Å².